The summed E-state index contributed by atoms with van der Waals surface area (Å²) in [5.74, 6) is -4.17. The Morgan fingerprint density at radius 1 is 0.559 bits per heavy atom. The second kappa shape index (κ2) is 66.2. The van der Waals surface area contributed by atoms with Gasteiger partial charge in [0.2, 0.25) is 41.5 Å². The van der Waals surface area contributed by atoms with Gasteiger partial charge in [-0.1, -0.05) is 91.9 Å². The summed E-state index contributed by atoms with van der Waals surface area (Å²) >= 11 is -3.17. The van der Waals surface area contributed by atoms with Gasteiger partial charge in [-0.15, -0.1) is 24.0 Å². The summed E-state index contributed by atoms with van der Waals surface area (Å²) in [5.41, 5.74) is 10.7. The van der Waals surface area contributed by atoms with Gasteiger partial charge in [-0.3, -0.25) is 54.3 Å². The number of nitrogens with zero attached hydrogens (tertiary/aromatic N) is 10. The van der Waals surface area contributed by atoms with Crippen LogP contribution >= 0.6 is 34.7 Å². The molecule has 136 heavy (non-hydrogen) atoms. The molecule has 2 amide bonds. The quantitative estimate of drug-likeness (QED) is 0.00696. The first-order valence-electron chi connectivity index (χ1n) is 47.1. The van der Waals surface area contributed by atoms with Crippen molar-refractivity contribution in [2.75, 3.05) is 26.4 Å². The standard InChI is InChI=1S/2C19H32N2O5.C12H23NO2Si.C10H17NO5S.C10H19NO4.C6H6N4OS.2C4H11N.C3H3ClN2OS.C3H4N2.HI/c2*1-4-8-14(19(25)26-5-2)20-12(3)17(22)21-15-10-7-6-9-13(15)11-16(21)18(23)24;1-16(2,3)15-12(14)11-8-9-6-4-5-7-10(9)13-11;1-4-6-8(10(13)15-5-2)11-7(3)9(12)16-17(11)14;1-4-6-8(10(14)15-5-2)11-7(3)9(12)13;11-12(9-3-1-7-5-9)10-4-2-8-6-10;2*1-4(2,3)5;4-8(7)6-2-1-5-3-6;1-2-5-3-4-1;/h2*12-16,20H,4-11H2,1-3H3,(H,23,24);9-11,13H,4-8H2,1-3H3;7-8H,4-6H2,1-3H3;7-8,11H,4-6H2,1-3H3,(H,12,13);1-6H;2*5H2,1-3H3;1-3H;1-3H,(H,4,5);1H/t2*12-,13?,14-,15?,16-;9?,10?,11-;7-,8+,17?;7-,8-;;;;;;/m00000....../s1. The number of hydrogen-bond acceptors (Lipinski definition) is 30. The summed E-state index contributed by atoms with van der Waals surface area (Å²) in [6, 6.07) is -5.95. The minimum atomic E-state index is -1.89. The molecule has 0 bridgehead atoms. The Labute approximate surface area is 834 Å². The molecule has 4 aromatic heterocycles. The SMILES string of the molecule is CC(C)(C)N.CC(C)(C)N.CCC[C@H](C(=O)OCC)N1[C@@H](C)C(=O)OS1=O.CCC[C@H](N[C@@H](C)C(=O)N1C2CCCCC2C[C@H]1C(=O)O)C(=O)OCC.CCC[C@H](N[C@@H](C)C(=O)N1C2CCCCC2C[C@H]1C(=O)O)C(=O)OCC.CCC[C@H](N[C@@H](C)C(=O)O)C(=O)OCC.C[Si](C)(C)OC(=O)[C@@H]1CC2CCCCC2N1.I.O=S(Cl)n1ccnc1.O=S(n1ccnc1)n1ccnc1.c1c[nH]cn1. The van der Waals surface area contributed by atoms with Crippen molar-refractivity contribution >= 4 is 141 Å². The van der Waals surface area contributed by atoms with Crippen LogP contribution in [0.4, 0.5) is 0 Å². The lowest BCUT2D eigenvalue weighted by molar-refractivity contribution is -0.152. The van der Waals surface area contributed by atoms with E-state index in [1.807, 2.05) is 69.2 Å². The Morgan fingerprint density at radius 3 is 1.22 bits per heavy atom. The molecule has 3 aliphatic carbocycles. The number of amides is 2. The molecule has 19 atom stereocenters. The van der Waals surface area contributed by atoms with Crippen LogP contribution in [0.3, 0.4) is 0 Å². The topological polar surface area (TPSA) is 547 Å². The number of aromatic nitrogens is 8. The summed E-state index contributed by atoms with van der Waals surface area (Å²) in [5, 5.41) is 40.2. The van der Waals surface area contributed by atoms with E-state index in [1.54, 1.807) is 102 Å². The van der Waals surface area contributed by atoms with Gasteiger partial charge in [-0.2, -0.15) is 8.51 Å². The van der Waals surface area contributed by atoms with Crippen LogP contribution in [0.1, 0.15) is 272 Å². The van der Waals surface area contributed by atoms with Gasteiger partial charge in [0.05, 0.1) is 44.8 Å². The Morgan fingerprint density at radius 2 is 0.926 bits per heavy atom. The fourth-order valence-corrected chi connectivity index (χ4v) is 19.0. The normalized spacial score (nSPS) is 22.4. The van der Waals surface area contributed by atoms with Gasteiger partial charge < -0.3 is 74.4 Å². The number of halogens is 2. The van der Waals surface area contributed by atoms with E-state index in [0.29, 0.717) is 70.3 Å². The van der Waals surface area contributed by atoms with E-state index in [4.69, 9.17) is 50.6 Å². The first-order chi connectivity index (χ1) is 63.5. The fourth-order valence-electron chi connectivity index (χ4n) is 15.8. The van der Waals surface area contributed by atoms with Crippen LogP contribution in [0.25, 0.3) is 0 Å². The van der Waals surface area contributed by atoms with Crippen molar-refractivity contribution < 1.29 is 108 Å². The Kier molecular flexibility index (Phi) is 61.5. The average Bonchev–Trinajstić information content (AvgIpc) is 1.63. The summed E-state index contributed by atoms with van der Waals surface area (Å²) in [6.07, 6.45) is 39.4. The van der Waals surface area contributed by atoms with Gasteiger partial charge in [0.25, 0.3) is 11.3 Å². The number of imidazole rings is 4. The van der Waals surface area contributed by atoms with E-state index in [2.05, 4.69) is 70.0 Å². The minimum Gasteiger partial charge on any atom is -0.519 e. The number of ether oxygens (including phenoxy) is 4. The minimum absolute atomic E-state index is 0. The Bertz CT molecular complexity index is 4010. The van der Waals surface area contributed by atoms with Gasteiger partial charge in [0.15, 0.2) is 0 Å². The second-order valence-corrected chi connectivity index (χ2v) is 45.1. The van der Waals surface area contributed by atoms with E-state index >= 15 is 0 Å². The molecule has 11 rings (SSSR count). The molecule has 4 aliphatic heterocycles. The number of rotatable bonds is 33. The molecule has 7 aliphatic rings. The molecular weight excluding hydrogens is 1970 g/mol. The number of H-pyrrole nitrogens is 1. The summed E-state index contributed by atoms with van der Waals surface area (Å²) in [6.45, 7) is 40.3. The van der Waals surface area contributed by atoms with E-state index in [0.717, 1.165) is 83.5 Å². The zero-order valence-electron chi connectivity index (χ0n) is 83.5. The van der Waals surface area contributed by atoms with Crippen molar-refractivity contribution in [1.29, 1.82) is 0 Å². The van der Waals surface area contributed by atoms with Crippen molar-refractivity contribution in [2.24, 2.45) is 29.2 Å². The average molecular weight is 2130 g/mol. The van der Waals surface area contributed by atoms with E-state index in [9.17, 15) is 75.6 Å². The van der Waals surface area contributed by atoms with Crippen molar-refractivity contribution in [3.05, 3.63) is 74.9 Å². The molecule has 46 heteroatoms. The van der Waals surface area contributed by atoms with Crippen LogP contribution in [0, 0.1) is 17.8 Å². The van der Waals surface area contributed by atoms with Crippen molar-refractivity contribution in [3.8, 4) is 0 Å². The van der Waals surface area contributed by atoms with Crippen molar-refractivity contribution in [3.63, 3.8) is 0 Å². The molecule has 0 radical (unpaired) electrons. The highest BCUT2D eigenvalue weighted by Crippen LogP contribution is 2.42. The number of aromatic amines is 1. The Balaban J connectivity index is 0.000000787. The third kappa shape index (κ3) is 47.6. The van der Waals surface area contributed by atoms with Crippen LogP contribution in [0.5, 0.6) is 0 Å². The summed E-state index contributed by atoms with van der Waals surface area (Å²) in [7, 11) is 1.94. The lowest BCUT2D eigenvalue weighted by atomic mass is 9.84. The van der Waals surface area contributed by atoms with E-state index in [1.165, 1.54) is 80.2 Å². The number of esters is 4. The van der Waals surface area contributed by atoms with Gasteiger partial charge >= 0.3 is 53.7 Å². The monoisotopic (exact) mass is 2130 g/mol. The van der Waals surface area contributed by atoms with Gasteiger partial charge in [0, 0.05) is 89.5 Å². The number of aliphatic carboxylic acids is 3. The number of carboxylic acid groups (broad SMARTS) is 3. The van der Waals surface area contributed by atoms with Gasteiger partial charge in [0.1, 0.15) is 73.4 Å². The molecule has 3 saturated carbocycles. The number of fused-ring (bicyclic) bond motifs is 3. The molecule has 8 unspecified atom stereocenters. The first kappa shape index (κ1) is 126. The number of carbonyl (C=O) groups excluding carboxylic acids is 8. The van der Waals surface area contributed by atoms with Crippen LogP contribution < -0.4 is 32.7 Å². The number of hydrogen-bond donors (Lipinski definition) is 10. The number of nitrogens with two attached hydrogens (primary N) is 2. The predicted octanol–water partition coefficient (Wildman–Crippen LogP) is 10.6. The maximum atomic E-state index is 13.1. The molecule has 40 nitrogen and oxygen atoms in total. The van der Waals surface area contributed by atoms with Gasteiger partial charge in [-0.05, 0) is 218 Å². The smallest absolute Gasteiger partial charge is 0.339 e. The van der Waals surface area contributed by atoms with Crippen LogP contribution in [-0.4, -0.2) is 275 Å². The zero-order chi connectivity index (χ0) is 102. The van der Waals surface area contributed by atoms with Gasteiger partial charge in [-0.25, -0.2) is 54.7 Å². The maximum absolute atomic E-state index is 13.1. The molecule has 778 valence electrons. The fraction of sp³-hybridized carbons (Fsp3) is 0.744. The molecule has 4 aromatic rings. The summed E-state index contributed by atoms with van der Waals surface area (Å²) in [4.78, 5) is 152. The zero-order valence-corrected chi connectivity index (χ0v) is 90.0. The highest BCUT2D eigenvalue weighted by molar-refractivity contribution is 14.0. The largest absolute Gasteiger partial charge is 0.519 e. The number of carboxylic acids is 3. The van der Waals surface area contributed by atoms with Crippen molar-refractivity contribution in [1.82, 2.24) is 72.2 Å². The molecule has 12 N–H and O–H groups in total. The Hall–Kier alpha value is -7.58. The maximum Gasteiger partial charge on any atom is 0.339 e. The first-order valence-corrected chi connectivity index (χ1v) is 54.6. The molecule has 7 fully saturated rings. The lowest BCUT2D eigenvalue weighted by Gasteiger charge is -2.35. The van der Waals surface area contributed by atoms with Crippen LogP contribution in [0.2, 0.25) is 19.6 Å². The van der Waals surface area contributed by atoms with Crippen LogP contribution in [0.15, 0.2) is 74.9 Å². The third-order valence-electron chi connectivity index (χ3n) is 21.6. The number of likely N-dealkylation sites (tertiary alicyclic amines) is 2. The second-order valence-electron chi connectivity index (χ2n) is 36.7. The summed E-state index contributed by atoms with van der Waals surface area (Å²) < 4.78 is 69.1. The third-order valence-corrected chi connectivity index (χ3v) is 25.8. The number of nitrogens with one attached hydrogen (secondary N) is 5. The van der Waals surface area contributed by atoms with Crippen molar-refractivity contribution in [2.45, 2.75) is 388 Å². The lowest BCUT2D eigenvalue weighted by Crippen LogP contribution is -2.55. The predicted molar refractivity (Wildman–Crippen MR) is 533 cm³/mol. The molecular formula is C90H159ClIN17O23S3Si. The van der Waals surface area contributed by atoms with E-state index in [-0.39, 0.29) is 107 Å². The number of carbonyl (C=O) groups is 11. The molecule has 4 saturated heterocycles. The molecule has 0 aromatic carbocycles. The highest BCUT2D eigenvalue weighted by atomic mass is 127. The van der Waals surface area contributed by atoms with Crippen LogP contribution in [-0.2, 0) is 113 Å². The van der Waals surface area contributed by atoms with E-state index < -0.39 is 131 Å². The molecule has 8 heterocycles. The highest BCUT2D eigenvalue weighted by Gasteiger charge is 2.51. The molecule has 0 spiro atoms.